The Kier molecular flexibility index (Phi) is 5.73. The van der Waals surface area contributed by atoms with Gasteiger partial charge in [0, 0.05) is 12.2 Å². The van der Waals surface area contributed by atoms with Gasteiger partial charge in [-0.1, -0.05) is 49.2 Å². The highest BCUT2D eigenvalue weighted by Crippen LogP contribution is 2.34. The van der Waals surface area contributed by atoms with Gasteiger partial charge in [-0.3, -0.25) is 4.79 Å². The lowest BCUT2D eigenvalue weighted by molar-refractivity contribution is -0.136. The Labute approximate surface area is 151 Å². The number of rotatable bonds is 4. The van der Waals surface area contributed by atoms with Crippen LogP contribution in [0.1, 0.15) is 26.3 Å². The Balaban J connectivity index is 2.58. The molecule has 1 aromatic rings. The molecule has 24 heavy (non-hydrogen) atoms. The van der Waals surface area contributed by atoms with E-state index in [1.165, 1.54) is 7.11 Å². The second-order valence-corrected chi connectivity index (χ2v) is 6.75. The monoisotopic (exact) mass is 367 g/mol. The van der Waals surface area contributed by atoms with Crippen molar-refractivity contribution in [2.75, 3.05) is 13.7 Å². The molecule has 0 saturated heterocycles. The lowest BCUT2D eigenvalue weighted by Crippen LogP contribution is -2.28. The maximum Gasteiger partial charge on any atom is 0.340 e. The molecule has 1 aliphatic heterocycles. The van der Waals surface area contributed by atoms with Crippen LogP contribution in [0, 0.1) is 5.92 Å². The summed E-state index contributed by atoms with van der Waals surface area (Å²) < 4.78 is 4.85. The van der Waals surface area contributed by atoms with Crippen molar-refractivity contribution < 1.29 is 14.3 Å². The zero-order valence-corrected chi connectivity index (χ0v) is 15.5. The summed E-state index contributed by atoms with van der Waals surface area (Å²) in [6, 6.07) is 5.14. The predicted octanol–water partition coefficient (Wildman–Crippen LogP) is 4.32. The molecule has 1 heterocycles. The highest BCUT2D eigenvalue weighted by Gasteiger charge is 2.37. The number of carbonyl (C=O) groups excluding carboxylic acids is 2. The number of nitrogens with zero attached hydrogens (tertiary/aromatic N) is 1. The molecule has 0 atom stereocenters. The zero-order valence-electron chi connectivity index (χ0n) is 14.0. The molecule has 0 unspecified atom stereocenters. The third kappa shape index (κ3) is 3.50. The number of allylic oxidation sites excluding steroid dienone is 1. The van der Waals surface area contributed by atoms with Gasteiger partial charge in [-0.2, -0.15) is 0 Å². The third-order valence-electron chi connectivity index (χ3n) is 3.73. The number of halogens is 2. The maximum atomic E-state index is 12.8. The van der Waals surface area contributed by atoms with Gasteiger partial charge < -0.3 is 9.64 Å². The largest absolute Gasteiger partial charge is 0.465 e. The van der Waals surface area contributed by atoms with Gasteiger partial charge in [-0.15, -0.1) is 0 Å². The summed E-state index contributed by atoms with van der Waals surface area (Å²) in [6.45, 7) is 6.28. The van der Waals surface area contributed by atoms with E-state index in [2.05, 4.69) is 0 Å². The predicted molar refractivity (Wildman–Crippen MR) is 95.7 cm³/mol. The number of hydrogen-bond acceptors (Lipinski definition) is 3. The SMILES string of the molecule is COC(=O)C1=C(C)N(CC(C)C)C(=O)/C1=C\c1cccc(Cl)c1Cl. The lowest BCUT2D eigenvalue weighted by atomic mass is 10.0. The van der Waals surface area contributed by atoms with Gasteiger partial charge in [0.1, 0.15) is 0 Å². The Morgan fingerprint density at radius 3 is 2.58 bits per heavy atom. The van der Waals surface area contributed by atoms with Gasteiger partial charge in [-0.05, 0) is 30.5 Å². The molecule has 1 amide bonds. The molecule has 0 aliphatic carbocycles. The second-order valence-electron chi connectivity index (χ2n) is 5.96. The van der Waals surface area contributed by atoms with Crippen molar-refractivity contribution in [2.45, 2.75) is 20.8 Å². The van der Waals surface area contributed by atoms with Crippen molar-refractivity contribution in [1.82, 2.24) is 4.90 Å². The van der Waals surface area contributed by atoms with Crippen LogP contribution in [-0.4, -0.2) is 30.4 Å². The Bertz CT molecular complexity index is 751. The van der Waals surface area contributed by atoms with Crippen molar-refractivity contribution in [3.8, 4) is 0 Å². The van der Waals surface area contributed by atoms with E-state index in [1.54, 1.807) is 36.1 Å². The summed E-state index contributed by atoms with van der Waals surface area (Å²) in [5.41, 5.74) is 1.70. The van der Waals surface area contributed by atoms with Gasteiger partial charge in [-0.25, -0.2) is 4.79 Å². The van der Waals surface area contributed by atoms with E-state index in [1.807, 2.05) is 13.8 Å². The molecule has 0 aromatic heterocycles. The minimum absolute atomic E-state index is 0.238. The number of esters is 1. The first-order valence-electron chi connectivity index (χ1n) is 7.55. The number of carbonyl (C=O) groups is 2. The van der Waals surface area contributed by atoms with Gasteiger partial charge >= 0.3 is 5.97 Å². The molecule has 2 rings (SSSR count). The Morgan fingerprint density at radius 2 is 2.00 bits per heavy atom. The maximum absolute atomic E-state index is 12.8. The van der Waals surface area contributed by atoms with Crippen LogP contribution in [0.4, 0.5) is 0 Å². The zero-order chi connectivity index (χ0) is 18.0. The van der Waals surface area contributed by atoms with E-state index in [9.17, 15) is 9.59 Å². The number of benzene rings is 1. The molecule has 0 fully saturated rings. The fraction of sp³-hybridized carbons (Fsp3) is 0.333. The molecular weight excluding hydrogens is 349 g/mol. The number of amides is 1. The van der Waals surface area contributed by atoms with Crippen LogP contribution in [0.15, 0.2) is 35.0 Å². The molecule has 1 aromatic carbocycles. The summed E-state index contributed by atoms with van der Waals surface area (Å²) in [5.74, 6) is -0.522. The molecule has 4 nitrogen and oxygen atoms in total. The van der Waals surface area contributed by atoms with E-state index < -0.39 is 5.97 Å². The minimum atomic E-state index is -0.545. The first kappa shape index (κ1) is 18.6. The molecule has 128 valence electrons. The molecule has 1 aliphatic rings. The van der Waals surface area contributed by atoms with Gasteiger partial charge in [0.2, 0.25) is 0 Å². The number of ether oxygens (including phenoxy) is 1. The van der Waals surface area contributed by atoms with Crippen LogP contribution < -0.4 is 0 Å². The van der Waals surface area contributed by atoms with E-state index in [0.29, 0.717) is 27.9 Å². The normalized spacial score (nSPS) is 16.5. The first-order chi connectivity index (χ1) is 11.3. The Hall–Kier alpha value is -1.78. The van der Waals surface area contributed by atoms with Crippen molar-refractivity contribution in [3.63, 3.8) is 0 Å². The highest BCUT2D eigenvalue weighted by molar-refractivity contribution is 6.43. The van der Waals surface area contributed by atoms with Crippen molar-refractivity contribution >= 4 is 41.2 Å². The van der Waals surface area contributed by atoms with Crippen LogP contribution in [0.2, 0.25) is 10.0 Å². The van der Waals surface area contributed by atoms with E-state index in [4.69, 9.17) is 27.9 Å². The summed E-state index contributed by atoms with van der Waals surface area (Å²) in [5, 5.41) is 0.722. The summed E-state index contributed by atoms with van der Waals surface area (Å²) >= 11 is 12.2. The van der Waals surface area contributed by atoms with Crippen molar-refractivity contribution in [3.05, 3.63) is 50.7 Å². The molecule has 0 N–H and O–H groups in total. The smallest absolute Gasteiger partial charge is 0.340 e. The second kappa shape index (κ2) is 7.41. The van der Waals surface area contributed by atoms with E-state index in [0.717, 1.165) is 0 Å². The molecule has 6 heteroatoms. The standard InChI is InChI=1S/C18H19Cl2NO3/c1-10(2)9-21-11(3)15(18(23)24-4)13(17(21)22)8-12-6-5-7-14(19)16(12)20/h5-8,10H,9H2,1-4H3/b13-8-. The van der Waals surface area contributed by atoms with Crippen LogP contribution in [0.25, 0.3) is 6.08 Å². The number of hydrogen-bond donors (Lipinski definition) is 0. The fourth-order valence-corrected chi connectivity index (χ4v) is 2.96. The van der Waals surface area contributed by atoms with Gasteiger partial charge in [0.15, 0.2) is 0 Å². The van der Waals surface area contributed by atoms with Gasteiger partial charge in [0.25, 0.3) is 5.91 Å². The molecular formula is C18H19Cl2NO3. The quantitative estimate of drug-likeness (QED) is 0.587. The average molecular weight is 368 g/mol. The molecule has 0 radical (unpaired) electrons. The first-order valence-corrected chi connectivity index (χ1v) is 8.30. The fourth-order valence-electron chi connectivity index (χ4n) is 2.60. The molecule has 0 spiro atoms. The van der Waals surface area contributed by atoms with Crippen LogP contribution in [-0.2, 0) is 14.3 Å². The minimum Gasteiger partial charge on any atom is -0.465 e. The highest BCUT2D eigenvalue weighted by atomic mass is 35.5. The van der Waals surface area contributed by atoms with Crippen molar-refractivity contribution in [1.29, 1.82) is 0 Å². The van der Waals surface area contributed by atoms with Crippen LogP contribution >= 0.6 is 23.2 Å². The van der Waals surface area contributed by atoms with Crippen molar-refractivity contribution in [2.24, 2.45) is 5.92 Å². The third-order valence-corrected chi connectivity index (χ3v) is 4.56. The lowest BCUT2D eigenvalue weighted by Gasteiger charge is -2.19. The van der Waals surface area contributed by atoms with Crippen LogP contribution in [0.5, 0.6) is 0 Å². The average Bonchev–Trinajstić information content (AvgIpc) is 2.75. The van der Waals surface area contributed by atoms with Crippen LogP contribution in [0.3, 0.4) is 0 Å². The Morgan fingerprint density at radius 1 is 1.33 bits per heavy atom. The topological polar surface area (TPSA) is 46.6 Å². The summed E-state index contributed by atoms with van der Waals surface area (Å²) in [4.78, 5) is 26.6. The summed E-state index contributed by atoms with van der Waals surface area (Å²) in [7, 11) is 1.29. The molecule has 0 saturated carbocycles. The number of methoxy groups -OCH3 is 1. The van der Waals surface area contributed by atoms with E-state index in [-0.39, 0.29) is 23.0 Å². The van der Waals surface area contributed by atoms with Gasteiger partial charge in [0.05, 0.1) is 28.3 Å². The molecule has 0 bridgehead atoms. The summed E-state index contributed by atoms with van der Waals surface area (Å²) in [6.07, 6.45) is 1.59. The van der Waals surface area contributed by atoms with E-state index >= 15 is 0 Å².